The zero-order valence-corrected chi connectivity index (χ0v) is 10.5. The molecule has 98 valence electrons. The first kappa shape index (κ1) is 14.5. The third-order valence-electron chi connectivity index (χ3n) is 2.35. The van der Waals surface area contributed by atoms with Crippen molar-refractivity contribution in [3.05, 3.63) is 23.7 Å². The Balaban J connectivity index is 2.35. The molecule has 0 unspecified atom stereocenters. The predicted octanol–water partition coefficient (Wildman–Crippen LogP) is 2.60. The second kappa shape index (κ2) is 7.68. The molecule has 0 spiro atoms. The number of hydrogen-bond acceptors (Lipinski definition) is 4. The average Bonchev–Trinajstić information content (AvgIpc) is 2.76. The van der Waals surface area contributed by atoms with E-state index in [1.54, 1.807) is 12.1 Å². The van der Waals surface area contributed by atoms with Gasteiger partial charge in [0.2, 0.25) is 0 Å². The summed E-state index contributed by atoms with van der Waals surface area (Å²) in [6.07, 6.45) is 0.825. The highest BCUT2D eigenvalue weighted by Crippen LogP contribution is 2.21. The van der Waals surface area contributed by atoms with Crippen molar-refractivity contribution < 1.29 is 18.3 Å². The summed E-state index contributed by atoms with van der Waals surface area (Å²) in [5, 5.41) is 12.1. The monoisotopic (exact) mass is 265 g/mol. The van der Waals surface area contributed by atoms with Gasteiger partial charge in [-0.15, -0.1) is 0 Å². The summed E-state index contributed by atoms with van der Waals surface area (Å²) in [7, 11) is 0. The molecule has 3 nitrogen and oxygen atoms in total. The lowest BCUT2D eigenvalue weighted by atomic mass is 10.2. The van der Waals surface area contributed by atoms with Gasteiger partial charge in [0, 0.05) is 6.04 Å². The number of halogens is 2. The zero-order valence-electron chi connectivity index (χ0n) is 9.66. The number of thioether (sulfide) groups is 1. The predicted molar refractivity (Wildman–Crippen MR) is 64.0 cm³/mol. The summed E-state index contributed by atoms with van der Waals surface area (Å²) in [5.41, 5.74) is 0. The highest BCUT2D eigenvalue weighted by atomic mass is 32.2. The Bertz CT molecular complexity index is 316. The van der Waals surface area contributed by atoms with E-state index in [0.717, 1.165) is 6.42 Å². The van der Waals surface area contributed by atoms with Gasteiger partial charge < -0.3 is 14.8 Å². The van der Waals surface area contributed by atoms with Crippen molar-refractivity contribution in [1.29, 1.82) is 0 Å². The maximum atomic E-state index is 12.0. The van der Waals surface area contributed by atoms with Crippen molar-refractivity contribution in [3.63, 3.8) is 0 Å². The summed E-state index contributed by atoms with van der Waals surface area (Å²) < 4.78 is 29.3. The summed E-state index contributed by atoms with van der Waals surface area (Å²) in [6, 6.07) is 3.50. The number of nitrogens with one attached hydrogen (secondary N) is 1. The van der Waals surface area contributed by atoms with Gasteiger partial charge in [0.15, 0.2) is 0 Å². The van der Waals surface area contributed by atoms with E-state index in [1.165, 1.54) is 0 Å². The lowest BCUT2D eigenvalue weighted by Crippen LogP contribution is -2.30. The quantitative estimate of drug-likeness (QED) is 0.758. The Morgan fingerprint density at radius 2 is 2.12 bits per heavy atom. The fourth-order valence-corrected chi connectivity index (χ4v) is 1.77. The molecular formula is C11H17F2NO2S. The van der Waals surface area contributed by atoms with Crippen LogP contribution in [-0.4, -0.2) is 23.5 Å². The van der Waals surface area contributed by atoms with E-state index in [2.05, 4.69) is 5.32 Å². The first-order valence-electron chi connectivity index (χ1n) is 5.47. The van der Waals surface area contributed by atoms with Crippen molar-refractivity contribution in [1.82, 2.24) is 5.32 Å². The van der Waals surface area contributed by atoms with Crippen LogP contribution >= 0.6 is 11.8 Å². The molecule has 1 aromatic heterocycles. The standard InChI is InChI=1S/C11H17F2NO2S/c1-2-8(6-15)14-5-9-3-4-10(16-9)7-17-11(12)13/h3-4,8,11,14-15H,2,5-7H2,1H3/t8-/m0/s1. The number of furan rings is 1. The van der Waals surface area contributed by atoms with E-state index in [1.807, 2.05) is 6.92 Å². The molecule has 0 saturated carbocycles. The zero-order chi connectivity index (χ0) is 12.7. The van der Waals surface area contributed by atoms with Crippen LogP contribution in [-0.2, 0) is 12.3 Å². The number of aliphatic hydroxyl groups excluding tert-OH is 1. The Kier molecular flexibility index (Phi) is 6.54. The van der Waals surface area contributed by atoms with Crippen LogP contribution < -0.4 is 5.32 Å². The van der Waals surface area contributed by atoms with Crippen molar-refractivity contribution in [2.45, 2.75) is 37.4 Å². The SMILES string of the molecule is CC[C@@H](CO)NCc1ccc(CSC(F)F)o1. The maximum Gasteiger partial charge on any atom is 0.284 e. The molecule has 0 aliphatic heterocycles. The number of rotatable bonds is 8. The molecule has 1 rings (SSSR count). The fourth-order valence-electron chi connectivity index (χ4n) is 1.32. The van der Waals surface area contributed by atoms with Crippen LogP contribution in [0.1, 0.15) is 24.9 Å². The molecule has 1 heterocycles. The fraction of sp³-hybridized carbons (Fsp3) is 0.636. The van der Waals surface area contributed by atoms with E-state index < -0.39 is 5.76 Å². The van der Waals surface area contributed by atoms with Crippen LogP contribution in [0.2, 0.25) is 0 Å². The van der Waals surface area contributed by atoms with Gasteiger partial charge in [0.05, 0.1) is 18.9 Å². The third-order valence-corrected chi connectivity index (χ3v) is 3.05. The first-order chi connectivity index (χ1) is 8.15. The normalized spacial score (nSPS) is 13.2. The Morgan fingerprint density at radius 3 is 2.71 bits per heavy atom. The van der Waals surface area contributed by atoms with Crippen molar-refractivity contribution in [3.8, 4) is 0 Å². The molecule has 0 aliphatic rings. The van der Waals surface area contributed by atoms with Crippen molar-refractivity contribution in [2.24, 2.45) is 0 Å². The minimum absolute atomic E-state index is 0.0407. The molecule has 2 N–H and O–H groups in total. The van der Waals surface area contributed by atoms with Gasteiger partial charge in [-0.2, -0.15) is 8.78 Å². The number of hydrogen-bond donors (Lipinski definition) is 2. The lowest BCUT2D eigenvalue weighted by Gasteiger charge is -2.12. The van der Waals surface area contributed by atoms with Gasteiger partial charge in [0.25, 0.3) is 5.76 Å². The molecule has 0 aliphatic carbocycles. The summed E-state index contributed by atoms with van der Waals surface area (Å²) in [6.45, 7) is 2.55. The van der Waals surface area contributed by atoms with Crippen LogP contribution in [0.15, 0.2) is 16.5 Å². The van der Waals surface area contributed by atoms with Gasteiger partial charge in [-0.1, -0.05) is 18.7 Å². The second-order valence-electron chi connectivity index (χ2n) is 3.61. The Labute approximate surface area is 104 Å². The van der Waals surface area contributed by atoms with Gasteiger partial charge >= 0.3 is 0 Å². The van der Waals surface area contributed by atoms with E-state index >= 15 is 0 Å². The van der Waals surface area contributed by atoms with E-state index in [4.69, 9.17) is 9.52 Å². The molecule has 1 aromatic rings. The summed E-state index contributed by atoms with van der Waals surface area (Å²) in [4.78, 5) is 0. The molecular weight excluding hydrogens is 248 g/mol. The van der Waals surface area contributed by atoms with E-state index in [-0.39, 0.29) is 18.4 Å². The van der Waals surface area contributed by atoms with Crippen LogP contribution in [0.25, 0.3) is 0 Å². The minimum Gasteiger partial charge on any atom is -0.464 e. The minimum atomic E-state index is -2.37. The van der Waals surface area contributed by atoms with Gasteiger partial charge in [-0.05, 0) is 18.6 Å². The smallest absolute Gasteiger partial charge is 0.284 e. The Morgan fingerprint density at radius 1 is 1.41 bits per heavy atom. The number of aliphatic hydroxyl groups is 1. The number of alkyl halides is 2. The van der Waals surface area contributed by atoms with Crippen molar-refractivity contribution in [2.75, 3.05) is 6.61 Å². The summed E-state index contributed by atoms with van der Waals surface area (Å²) in [5.74, 6) is -0.957. The molecule has 0 aromatic carbocycles. The van der Waals surface area contributed by atoms with Crippen LogP contribution in [0.5, 0.6) is 0 Å². The molecule has 0 saturated heterocycles. The molecule has 1 atom stereocenters. The second-order valence-corrected chi connectivity index (χ2v) is 4.59. The van der Waals surface area contributed by atoms with Gasteiger partial charge in [-0.3, -0.25) is 0 Å². The Hall–Kier alpha value is -0.590. The molecule has 0 fully saturated rings. The molecule has 0 radical (unpaired) electrons. The molecule has 0 amide bonds. The largest absolute Gasteiger partial charge is 0.464 e. The van der Waals surface area contributed by atoms with Gasteiger partial charge in [0.1, 0.15) is 11.5 Å². The summed E-state index contributed by atoms with van der Waals surface area (Å²) >= 11 is 0.544. The van der Waals surface area contributed by atoms with E-state index in [9.17, 15) is 8.78 Å². The topological polar surface area (TPSA) is 45.4 Å². The lowest BCUT2D eigenvalue weighted by molar-refractivity contribution is 0.235. The van der Waals surface area contributed by atoms with Crippen molar-refractivity contribution >= 4 is 11.8 Å². The van der Waals surface area contributed by atoms with Crippen LogP contribution in [0, 0.1) is 0 Å². The van der Waals surface area contributed by atoms with Crippen LogP contribution in [0.3, 0.4) is 0 Å². The molecule has 6 heteroatoms. The highest BCUT2D eigenvalue weighted by molar-refractivity contribution is 7.98. The van der Waals surface area contributed by atoms with Crippen LogP contribution in [0.4, 0.5) is 8.78 Å². The van der Waals surface area contributed by atoms with E-state index in [0.29, 0.717) is 29.8 Å². The first-order valence-corrected chi connectivity index (χ1v) is 6.52. The van der Waals surface area contributed by atoms with Gasteiger partial charge in [-0.25, -0.2) is 0 Å². The third kappa shape index (κ3) is 5.52. The maximum absolute atomic E-state index is 12.0. The average molecular weight is 265 g/mol. The highest BCUT2D eigenvalue weighted by Gasteiger charge is 2.08. The molecule has 17 heavy (non-hydrogen) atoms. The molecule has 0 bridgehead atoms.